The Morgan fingerprint density at radius 2 is 1.91 bits per heavy atom. The van der Waals surface area contributed by atoms with E-state index in [9.17, 15) is 4.79 Å². The van der Waals surface area contributed by atoms with E-state index in [1.807, 2.05) is 54.6 Å². The molecule has 0 fully saturated rings. The van der Waals surface area contributed by atoms with E-state index >= 15 is 0 Å². The maximum absolute atomic E-state index is 12.3. The molecule has 114 valence electrons. The molecular formula is C17H13N3O2S. The lowest BCUT2D eigenvalue weighted by Gasteiger charge is -2.06. The quantitative estimate of drug-likeness (QED) is 0.803. The highest BCUT2D eigenvalue weighted by atomic mass is 32.1. The van der Waals surface area contributed by atoms with Gasteiger partial charge in [-0.25, -0.2) is 4.98 Å². The normalized spacial score (nSPS) is 16.9. The third-order valence-electron chi connectivity index (χ3n) is 3.59. The molecule has 23 heavy (non-hydrogen) atoms. The molecule has 5 nitrogen and oxygen atoms in total. The first-order chi connectivity index (χ1) is 11.3. The second kappa shape index (κ2) is 5.81. The van der Waals surface area contributed by atoms with Gasteiger partial charge in [-0.1, -0.05) is 59.0 Å². The van der Waals surface area contributed by atoms with Crippen molar-refractivity contribution in [1.82, 2.24) is 4.98 Å². The first-order valence-electron chi connectivity index (χ1n) is 7.24. The number of fused-ring (bicyclic) bond motifs is 1. The van der Waals surface area contributed by atoms with Gasteiger partial charge in [0.25, 0.3) is 5.91 Å². The number of hydrogen-bond donors (Lipinski definition) is 1. The fourth-order valence-electron chi connectivity index (χ4n) is 2.43. The Morgan fingerprint density at radius 3 is 2.74 bits per heavy atom. The van der Waals surface area contributed by atoms with Crippen LogP contribution in [0.2, 0.25) is 0 Å². The number of oxime groups is 1. The summed E-state index contributed by atoms with van der Waals surface area (Å²) in [6, 6.07) is 17.5. The average Bonchev–Trinajstić information content (AvgIpc) is 3.22. The maximum Gasteiger partial charge on any atom is 0.270 e. The standard InChI is InChI=1S/C17H13N3O2S/c21-16(19-17-18-12-8-4-5-9-15(12)23-17)14-10-13(20-22-14)11-6-2-1-3-7-11/h1-9,14H,10H2,(H,18,19,21). The number of anilines is 1. The molecule has 3 aromatic rings. The van der Waals surface area contributed by atoms with Crippen LogP contribution in [-0.4, -0.2) is 22.7 Å². The van der Waals surface area contributed by atoms with Crippen LogP contribution >= 0.6 is 11.3 Å². The van der Waals surface area contributed by atoms with E-state index in [2.05, 4.69) is 15.5 Å². The lowest BCUT2D eigenvalue weighted by atomic mass is 10.1. The van der Waals surface area contributed by atoms with Crippen LogP contribution in [0.25, 0.3) is 10.2 Å². The third kappa shape index (κ3) is 2.80. The summed E-state index contributed by atoms with van der Waals surface area (Å²) in [5, 5.41) is 7.42. The van der Waals surface area contributed by atoms with Crippen molar-refractivity contribution < 1.29 is 9.63 Å². The van der Waals surface area contributed by atoms with Gasteiger partial charge in [-0.05, 0) is 17.7 Å². The average molecular weight is 323 g/mol. The third-order valence-corrected chi connectivity index (χ3v) is 4.54. The van der Waals surface area contributed by atoms with Crippen LogP contribution in [0.1, 0.15) is 12.0 Å². The molecule has 0 saturated carbocycles. The lowest BCUT2D eigenvalue weighted by Crippen LogP contribution is -2.27. The first kappa shape index (κ1) is 13.9. The molecule has 1 aliphatic heterocycles. The van der Waals surface area contributed by atoms with Crippen molar-refractivity contribution in [2.45, 2.75) is 12.5 Å². The number of carbonyl (C=O) groups is 1. The smallest absolute Gasteiger partial charge is 0.270 e. The van der Waals surface area contributed by atoms with E-state index in [1.165, 1.54) is 11.3 Å². The Bertz CT molecular complexity index is 856. The largest absolute Gasteiger partial charge is 0.382 e. The SMILES string of the molecule is O=C(Nc1nc2ccccc2s1)C1CC(c2ccccc2)=NO1. The van der Waals surface area contributed by atoms with Gasteiger partial charge in [0, 0.05) is 6.42 Å². The Balaban J connectivity index is 1.44. The van der Waals surface area contributed by atoms with E-state index < -0.39 is 6.10 Å². The molecule has 1 unspecified atom stereocenters. The van der Waals surface area contributed by atoms with Gasteiger partial charge in [0.1, 0.15) is 0 Å². The summed E-state index contributed by atoms with van der Waals surface area (Å²) >= 11 is 1.45. The van der Waals surface area contributed by atoms with Crippen molar-refractivity contribution in [3.63, 3.8) is 0 Å². The predicted molar refractivity (Wildman–Crippen MR) is 90.7 cm³/mol. The molecule has 2 aromatic carbocycles. The number of rotatable bonds is 3. The zero-order chi connectivity index (χ0) is 15.6. The van der Waals surface area contributed by atoms with E-state index in [-0.39, 0.29) is 5.91 Å². The highest BCUT2D eigenvalue weighted by molar-refractivity contribution is 7.22. The fraction of sp³-hybridized carbons (Fsp3) is 0.118. The van der Waals surface area contributed by atoms with Gasteiger partial charge in [0.15, 0.2) is 5.13 Å². The number of carbonyl (C=O) groups excluding carboxylic acids is 1. The summed E-state index contributed by atoms with van der Waals surface area (Å²) in [4.78, 5) is 22.0. The van der Waals surface area contributed by atoms with Crippen molar-refractivity contribution in [3.05, 3.63) is 60.2 Å². The molecule has 0 radical (unpaired) electrons. The van der Waals surface area contributed by atoms with Gasteiger partial charge in [0.2, 0.25) is 6.10 Å². The Morgan fingerprint density at radius 1 is 1.13 bits per heavy atom. The summed E-state index contributed by atoms with van der Waals surface area (Å²) < 4.78 is 1.04. The number of para-hydroxylation sites is 1. The molecule has 0 aliphatic carbocycles. The first-order valence-corrected chi connectivity index (χ1v) is 8.06. The number of benzene rings is 2. The van der Waals surface area contributed by atoms with Gasteiger partial charge >= 0.3 is 0 Å². The van der Waals surface area contributed by atoms with Gasteiger partial charge in [-0.3, -0.25) is 10.1 Å². The number of nitrogens with zero attached hydrogens (tertiary/aromatic N) is 2. The number of aromatic nitrogens is 1. The molecule has 0 spiro atoms. The lowest BCUT2D eigenvalue weighted by molar-refractivity contribution is -0.125. The highest BCUT2D eigenvalue weighted by Gasteiger charge is 2.29. The van der Waals surface area contributed by atoms with E-state index in [0.717, 1.165) is 21.5 Å². The molecule has 6 heteroatoms. The van der Waals surface area contributed by atoms with Crippen molar-refractivity contribution in [2.75, 3.05) is 5.32 Å². The maximum atomic E-state index is 12.3. The Hall–Kier alpha value is -2.73. The molecule has 0 saturated heterocycles. The molecule has 1 amide bonds. The Kier molecular flexibility index (Phi) is 3.51. The van der Waals surface area contributed by atoms with Crippen LogP contribution in [0.3, 0.4) is 0 Å². The minimum atomic E-state index is -0.614. The summed E-state index contributed by atoms with van der Waals surface area (Å²) in [7, 11) is 0. The number of hydrogen-bond acceptors (Lipinski definition) is 5. The van der Waals surface area contributed by atoms with E-state index in [0.29, 0.717) is 11.6 Å². The van der Waals surface area contributed by atoms with Gasteiger partial charge < -0.3 is 4.84 Å². The Labute approximate surface area is 136 Å². The van der Waals surface area contributed by atoms with Gasteiger partial charge in [-0.15, -0.1) is 0 Å². The summed E-state index contributed by atoms with van der Waals surface area (Å²) in [6.45, 7) is 0. The zero-order valence-corrected chi connectivity index (χ0v) is 12.9. The minimum Gasteiger partial charge on any atom is -0.382 e. The summed E-state index contributed by atoms with van der Waals surface area (Å²) in [5.74, 6) is -0.223. The molecular weight excluding hydrogens is 310 g/mol. The van der Waals surface area contributed by atoms with Gasteiger partial charge in [0.05, 0.1) is 15.9 Å². The topological polar surface area (TPSA) is 63.6 Å². The predicted octanol–water partition coefficient (Wildman–Crippen LogP) is 3.43. The van der Waals surface area contributed by atoms with Gasteiger partial charge in [-0.2, -0.15) is 0 Å². The van der Waals surface area contributed by atoms with Crippen molar-refractivity contribution in [2.24, 2.45) is 5.16 Å². The molecule has 2 heterocycles. The minimum absolute atomic E-state index is 0.223. The van der Waals surface area contributed by atoms with Crippen molar-refractivity contribution >= 4 is 38.3 Å². The number of thiazole rings is 1. The second-order valence-corrected chi connectivity index (χ2v) is 6.21. The second-order valence-electron chi connectivity index (χ2n) is 5.18. The van der Waals surface area contributed by atoms with Crippen molar-refractivity contribution in [3.8, 4) is 0 Å². The molecule has 1 aliphatic rings. The summed E-state index contributed by atoms with van der Waals surface area (Å²) in [5.41, 5.74) is 2.64. The fourth-order valence-corrected chi connectivity index (χ4v) is 3.30. The van der Waals surface area contributed by atoms with Crippen LogP contribution in [0.5, 0.6) is 0 Å². The van der Waals surface area contributed by atoms with Crippen LogP contribution in [0.4, 0.5) is 5.13 Å². The molecule has 1 atom stereocenters. The van der Waals surface area contributed by atoms with Crippen molar-refractivity contribution in [1.29, 1.82) is 0 Å². The molecule has 4 rings (SSSR count). The molecule has 1 N–H and O–H groups in total. The van der Waals surface area contributed by atoms with Crippen LogP contribution in [0.15, 0.2) is 59.8 Å². The molecule has 0 bridgehead atoms. The number of amides is 1. The molecule has 1 aromatic heterocycles. The van der Waals surface area contributed by atoms with Crippen LogP contribution < -0.4 is 5.32 Å². The van der Waals surface area contributed by atoms with Crippen LogP contribution in [0, 0.1) is 0 Å². The van der Waals surface area contributed by atoms with E-state index in [1.54, 1.807) is 0 Å². The summed E-state index contributed by atoms with van der Waals surface area (Å²) in [6.07, 6.45) is -0.155. The highest BCUT2D eigenvalue weighted by Crippen LogP contribution is 2.26. The van der Waals surface area contributed by atoms with E-state index in [4.69, 9.17) is 4.84 Å². The van der Waals surface area contributed by atoms with Crippen LogP contribution in [-0.2, 0) is 9.63 Å². The number of nitrogens with one attached hydrogen (secondary N) is 1. The zero-order valence-electron chi connectivity index (χ0n) is 12.1. The monoisotopic (exact) mass is 323 g/mol.